The molecule has 0 amide bonds. The highest BCUT2D eigenvalue weighted by atomic mass is 19.1. The first-order valence-corrected chi connectivity index (χ1v) is 6.06. The van der Waals surface area contributed by atoms with E-state index >= 15 is 0 Å². The van der Waals surface area contributed by atoms with Crippen LogP contribution in [0.5, 0.6) is 0 Å². The van der Waals surface area contributed by atoms with Crippen molar-refractivity contribution in [1.29, 1.82) is 0 Å². The van der Waals surface area contributed by atoms with Gasteiger partial charge in [-0.15, -0.1) is 0 Å². The standard InChI is InChI=1S/C14H19FO2/c1-10-7-11(9-12(15)8-10)14(16)5-3-13(17-2)4-6-14/h7-9,13,16H,3-6H2,1-2H3. The lowest BCUT2D eigenvalue weighted by Gasteiger charge is -2.36. The Bertz CT molecular complexity index is 375. The number of aliphatic hydroxyl groups is 1. The molecule has 0 unspecified atom stereocenters. The van der Waals surface area contributed by atoms with Crippen molar-refractivity contribution in [2.75, 3.05) is 7.11 Å². The summed E-state index contributed by atoms with van der Waals surface area (Å²) in [6, 6.07) is 4.80. The van der Waals surface area contributed by atoms with Crippen molar-refractivity contribution in [1.82, 2.24) is 0 Å². The molecule has 3 heteroatoms. The highest BCUT2D eigenvalue weighted by molar-refractivity contribution is 5.29. The van der Waals surface area contributed by atoms with Crippen molar-refractivity contribution in [3.8, 4) is 0 Å². The van der Waals surface area contributed by atoms with E-state index in [1.165, 1.54) is 12.1 Å². The molecule has 17 heavy (non-hydrogen) atoms. The molecule has 1 N–H and O–H groups in total. The topological polar surface area (TPSA) is 29.5 Å². The van der Waals surface area contributed by atoms with Crippen LogP contribution in [0.15, 0.2) is 18.2 Å². The van der Waals surface area contributed by atoms with Crippen molar-refractivity contribution in [2.45, 2.75) is 44.3 Å². The zero-order valence-corrected chi connectivity index (χ0v) is 10.4. The van der Waals surface area contributed by atoms with Crippen LogP contribution in [0.3, 0.4) is 0 Å². The number of aryl methyl sites for hydroxylation is 1. The Morgan fingerprint density at radius 2 is 1.94 bits per heavy atom. The van der Waals surface area contributed by atoms with Crippen LogP contribution in [0.2, 0.25) is 0 Å². The minimum atomic E-state index is -0.887. The van der Waals surface area contributed by atoms with E-state index in [1.807, 2.05) is 13.0 Å². The Labute approximate surface area is 101 Å². The van der Waals surface area contributed by atoms with Gasteiger partial charge in [0.05, 0.1) is 11.7 Å². The molecule has 0 spiro atoms. The molecule has 1 fully saturated rings. The van der Waals surface area contributed by atoms with E-state index in [4.69, 9.17) is 4.74 Å². The van der Waals surface area contributed by atoms with Gasteiger partial charge in [-0.05, 0) is 55.9 Å². The molecule has 0 heterocycles. The number of halogens is 1. The van der Waals surface area contributed by atoms with Crippen molar-refractivity contribution >= 4 is 0 Å². The summed E-state index contributed by atoms with van der Waals surface area (Å²) in [6.07, 6.45) is 3.14. The summed E-state index contributed by atoms with van der Waals surface area (Å²) in [5, 5.41) is 10.6. The summed E-state index contributed by atoms with van der Waals surface area (Å²) >= 11 is 0. The molecule has 1 aliphatic rings. The van der Waals surface area contributed by atoms with Crippen molar-refractivity contribution in [3.05, 3.63) is 35.1 Å². The third-order valence-electron chi connectivity index (χ3n) is 3.67. The molecule has 0 atom stereocenters. The van der Waals surface area contributed by atoms with Crippen LogP contribution in [0.25, 0.3) is 0 Å². The normalized spacial score (nSPS) is 29.3. The van der Waals surface area contributed by atoms with Crippen LogP contribution >= 0.6 is 0 Å². The van der Waals surface area contributed by atoms with Crippen molar-refractivity contribution in [2.24, 2.45) is 0 Å². The average molecular weight is 238 g/mol. The summed E-state index contributed by atoms with van der Waals surface area (Å²) in [5.41, 5.74) is 0.661. The van der Waals surface area contributed by atoms with Gasteiger partial charge in [-0.3, -0.25) is 0 Å². The molecule has 0 aliphatic heterocycles. The van der Waals surface area contributed by atoms with Gasteiger partial charge in [-0.1, -0.05) is 6.07 Å². The fraction of sp³-hybridized carbons (Fsp3) is 0.571. The van der Waals surface area contributed by atoms with Gasteiger partial charge in [0.15, 0.2) is 0 Å². The van der Waals surface area contributed by atoms with Gasteiger partial charge in [0, 0.05) is 7.11 Å². The van der Waals surface area contributed by atoms with E-state index in [9.17, 15) is 9.50 Å². The molecule has 1 saturated carbocycles. The molecule has 0 saturated heterocycles. The molecule has 1 aromatic carbocycles. The van der Waals surface area contributed by atoms with E-state index < -0.39 is 5.60 Å². The molecule has 94 valence electrons. The SMILES string of the molecule is COC1CCC(O)(c2cc(C)cc(F)c2)CC1. The zero-order chi connectivity index (χ0) is 12.5. The molecule has 1 aliphatic carbocycles. The predicted molar refractivity (Wildman–Crippen MR) is 64.3 cm³/mol. The lowest BCUT2D eigenvalue weighted by atomic mass is 9.78. The smallest absolute Gasteiger partial charge is 0.123 e. The molecule has 0 aromatic heterocycles. The Morgan fingerprint density at radius 3 is 2.47 bits per heavy atom. The number of methoxy groups -OCH3 is 1. The Kier molecular flexibility index (Phi) is 3.50. The van der Waals surface area contributed by atoms with E-state index in [-0.39, 0.29) is 11.9 Å². The molecule has 2 rings (SSSR count). The second-order valence-electron chi connectivity index (χ2n) is 4.98. The maximum absolute atomic E-state index is 13.4. The van der Waals surface area contributed by atoms with E-state index in [0.717, 1.165) is 18.4 Å². The Balaban J connectivity index is 2.21. The molecule has 0 bridgehead atoms. The van der Waals surface area contributed by atoms with Crippen LogP contribution in [0.1, 0.15) is 36.8 Å². The monoisotopic (exact) mass is 238 g/mol. The van der Waals surface area contributed by atoms with Gasteiger partial charge >= 0.3 is 0 Å². The second-order valence-corrected chi connectivity index (χ2v) is 4.98. The summed E-state index contributed by atoms with van der Waals surface area (Å²) in [6.45, 7) is 1.84. The molecular formula is C14H19FO2. The molecule has 1 aromatic rings. The summed E-state index contributed by atoms with van der Waals surface area (Å²) in [5.74, 6) is -0.276. The highest BCUT2D eigenvalue weighted by Crippen LogP contribution is 2.38. The minimum absolute atomic E-state index is 0.227. The van der Waals surface area contributed by atoms with Gasteiger partial charge < -0.3 is 9.84 Å². The Hall–Kier alpha value is -0.930. The largest absolute Gasteiger partial charge is 0.385 e. The molecule has 0 radical (unpaired) electrons. The number of benzene rings is 1. The Morgan fingerprint density at radius 1 is 1.29 bits per heavy atom. The third kappa shape index (κ3) is 2.67. The third-order valence-corrected chi connectivity index (χ3v) is 3.67. The number of hydrogen-bond acceptors (Lipinski definition) is 2. The van der Waals surface area contributed by atoms with Crippen LogP contribution < -0.4 is 0 Å². The zero-order valence-electron chi connectivity index (χ0n) is 10.4. The fourth-order valence-corrected chi connectivity index (χ4v) is 2.60. The number of ether oxygens (including phenoxy) is 1. The maximum Gasteiger partial charge on any atom is 0.123 e. The summed E-state index contributed by atoms with van der Waals surface area (Å²) in [4.78, 5) is 0. The van der Waals surface area contributed by atoms with Gasteiger partial charge in [0.1, 0.15) is 5.82 Å². The minimum Gasteiger partial charge on any atom is -0.385 e. The van der Waals surface area contributed by atoms with Crippen LogP contribution in [-0.2, 0) is 10.3 Å². The highest BCUT2D eigenvalue weighted by Gasteiger charge is 2.35. The molecule has 2 nitrogen and oxygen atoms in total. The van der Waals surface area contributed by atoms with Gasteiger partial charge in [-0.2, -0.15) is 0 Å². The van der Waals surface area contributed by atoms with Gasteiger partial charge in [-0.25, -0.2) is 4.39 Å². The van der Waals surface area contributed by atoms with Crippen LogP contribution in [0.4, 0.5) is 4.39 Å². The predicted octanol–water partition coefficient (Wildman–Crippen LogP) is 2.91. The van der Waals surface area contributed by atoms with E-state index in [2.05, 4.69) is 0 Å². The first kappa shape index (κ1) is 12.5. The van der Waals surface area contributed by atoms with E-state index in [1.54, 1.807) is 7.11 Å². The number of hydrogen-bond donors (Lipinski definition) is 1. The van der Waals surface area contributed by atoms with Gasteiger partial charge in [0.25, 0.3) is 0 Å². The summed E-state index contributed by atoms with van der Waals surface area (Å²) in [7, 11) is 1.70. The quantitative estimate of drug-likeness (QED) is 0.858. The molecular weight excluding hydrogens is 219 g/mol. The lowest BCUT2D eigenvalue weighted by molar-refractivity contribution is -0.0476. The van der Waals surface area contributed by atoms with Crippen molar-refractivity contribution in [3.63, 3.8) is 0 Å². The first-order chi connectivity index (χ1) is 8.03. The fourth-order valence-electron chi connectivity index (χ4n) is 2.60. The lowest BCUT2D eigenvalue weighted by Crippen LogP contribution is -2.34. The first-order valence-electron chi connectivity index (χ1n) is 6.06. The average Bonchev–Trinajstić information content (AvgIpc) is 2.29. The van der Waals surface area contributed by atoms with Crippen molar-refractivity contribution < 1.29 is 14.2 Å². The van der Waals surface area contributed by atoms with E-state index in [0.29, 0.717) is 18.4 Å². The second kappa shape index (κ2) is 4.75. The number of rotatable bonds is 2. The van der Waals surface area contributed by atoms with Crippen LogP contribution in [-0.4, -0.2) is 18.3 Å². The maximum atomic E-state index is 13.4. The van der Waals surface area contributed by atoms with Gasteiger partial charge in [0.2, 0.25) is 0 Å². The summed E-state index contributed by atoms with van der Waals surface area (Å²) < 4.78 is 18.6. The van der Waals surface area contributed by atoms with Crippen LogP contribution in [0, 0.1) is 12.7 Å².